The highest BCUT2D eigenvalue weighted by atomic mass is 35.5. The third-order valence-electron chi connectivity index (χ3n) is 3.66. The van der Waals surface area contributed by atoms with E-state index in [1.54, 1.807) is 4.90 Å². The zero-order valence-corrected chi connectivity index (χ0v) is 14.0. The van der Waals surface area contributed by atoms with E-state index in [1.807, 2.05) is 13.8 Å². The molecule has 1 atom stereocenters. The zero-order valence-electron chi connectivity index (χ0n) is 13.3. The Labute approximate surface area is 140 Å². The Kier molecular flexibility index (Phi) is 5.82. The van der Waals surface area contributed by atoms with Gasteiger partial charge in [0.05, 0.1) is 18.6 Å². The number of halogens is 1. The predicted molar refractivity (Wildman–Crippen MR) is 85.9 cm³/mol. The van der Waals surface area contributed by atoms with Gasteiger partial charge in [-0.3, -0.25) is 9.59 Å². The van der Waals surface area contributed by atoms with Gasteiger partial charge >= 0.3 is 5.97 Å². The van der Waals surface area contributed by atoms with Crippen molar-refractivity contribution in [3.05, 3.63) is 22.8 Å². The Bertz CT molecular complexity index is 591. The summed E-state index contributed by atoms with van der Waals surface area (Å²) in [7, 11) is 0. The van der Waals surface area contributed by atoms with E-state index in [4.69, 9.17) is 21.4 Å². The van der Waals surface area contributed by atoms with Crippen molar-refractivity contribution >= 4 is 23.5 Å². The third-order valence-corrected chi connectivity index (χ3v) is 3.93. The molecule has 7 heteroatoms. The molecule has 1 fully saturated rings. The van der Waals surface area contributed by atoms with Crippen LogP contribution in [0, 0.1) is 5.92 Å². The maximum atomic E-state index is 12.6. The number of ether oxygens (including phenoxy) is 1. The standard InChI is InChI=1S/C16H21ClN2O4/c1-10(2)9-23-15-13(17)6-11(8-18-15)16(22)19-5-3-4-12(19)7-14(20)21/h6,8,10,12H,3-5,7,9H2,1-2H3,(H,20,21). The SMILES string of the molecule is CC(C)COc1ncc(C(=O)N2CCCC2CC(=O)O)cc1Cl. The molecule has 0 radical (unpaired) electrons. The fourth-order valence-electron chi connectivity index (χ4n) is 2.58. The number of carboxylic acid groups (broad SMARTS) is 1. The number of nitrogens with zero attached hydrogens (tertiary/aromatic N) is 2. The van der Waals surface area contributed by atoms with Crippen LogP contribution in [0.25, 0.3) is 0 Å². The highest BCUT2D eigenvalue weighted by Crippen LogP contribution is 2.26. The molecule has 1 aromatic rings. The lowest BCUT2D eigenvalue weighted by molar-refractivity contribution is -0.137. The number of likely N-dealkylation sites (tertiary alicyclic amines) is 1. The number of carbonyl (C=O) groups excluding carboxylic acids is 1. The first-order chi connectivity index (χ1) is 10.9. The van der Waals surface area contributed by atoms with E-state index in [0.29, 0.717) is 36.9 Å². The van der Waals surface area contributed by atoms with E-state index in [0.717, 1.165) is 6.42 Å². The molecule has 0 aromatic carbocycles. The number of carboxylic acids is 1. The lowest BCUT2D eigenvalue weighted by Crippen LogP contribution is -2.36. The van der Waals surface area contributed by atoms with Crippen molar-refractivity contribution in [2.24, 2.45) is 5.92 Å². The molecule has 1 saturated heterocycles. The molecule has 126 valence electrons. The normalized spacial score (nSPS) is 17.6. The second kappa shape index (κ2) is 7.64. The molecule has 1 aliphatic heterocycles. The minimum absolute atomic E-state index is 0.0392. The van der Waals surface area contributed by atoms with Crippen LogP contribution in [0.1, 0.15) is 43.5 Å². The first kappa shape index (κ1) is 17.5. The largest absolute Gasteiger partial charge is 0.481 e. The molecular formula is C16H21ClN2O4. The van der Waals surface area contributed by atoms with Crippen molar-refractivity contribution in [3.63, 3.8) is 0 Å². The molecule has 23 heavy (non-hydrogen) atoms. The Hall–Kier alpha value is -1.82. The highest BCUT2D eigenvalue weighted by molar-refractivity contribution is 6.32. The summed E-state index contributed by atoms with van der Waals surface area (Å²) in [4.78, 5) is 29.2. The van der Waals surface area contributed by atoms with Crippen LogP contribution in [-0.4, -0.2) is 46.1 Å². The van der Waals surface area contributed by atoms with Crippen LogP contribution >= 0.6 is 11.6 Å². The van der Waals surface area contributed by atoms with Gasteiger partial charge in [0.2, 0.25) is 5.88 Å². The first-order valence-electron chi connectivity index (χ1n) is 7.69. The second-order valence-corrected chi connectivity index (χ2v) is 6.52. The van der Waals surface area contributed by atoms with Gasteiger partial charge in [-0.1, -0.05) is 25.4 Å². The van der Waals surface area contributed by atoms with Gasteiger partial charge in [0.1, 0.15) is 5.02 Å². The number of pyridine rings is 1. The Morgan fingerprint density at radius 1 is 1.52 bits per heavy atom. The van der Waals surface area contributed by atoms with Crippen LogP contribution in [0.4, 0.5) is 0 Å². The predicted octanol–water partition coefficient (Wildman–Crippen LogP) is 2.85. The fourth-order valence-corrected chi connectivity index (χ4v) is 2.80. The van der Waals surface area contributed by atoms with Crippen molar-refractivity contribution < 1.29 is 19.4 Å². The summed E-state index contributed by atoms with van der Waals surface area (Å²) in [5.41, 5.74) is 0.351. The average Bonchev–Trinajstić information content (AvgIpc) is 2.92. The Morgan fingerprint density at radius 3 is 2.87 bits per heavy atom. The molecule has 2 rings (SSSR count). The quantitative estimate of drug-likeness (QED) is 0.861. The van der Waals surface area contributed by atoms with E-state index in [-0.39, 0.29) is 23.4 Å². The van der Waals surface area contributed by atoms with E-state index in [2.05, 4.69) is 4.98 Å². The number of hydrogen-bond donors (Lipinski definition) is 1. The molecule has 0 bridgehead atoms. The molecule has 0 aliphatic carbocycles. The number of aliphatic carboxylic acids is 1. The summed E-state index contributed by atoms with van der Waals surface area (Å²) >= 11 is 6.13. The van der Waals surface area contributed by atoms with Gasteiger partial charge < -0.3 is 14.7 Å². The minimum Gasteiger partial charge on any atom is -0.481 e. The van der Waals surface area contributed by atoms with Crippen molar-refractivity contribution in [2.75, 3.05) is 13.2 Å². The minimum atomic E-state index is -0.900. The van der Waals surface area contributed by atoms with Gasteiger partial charge in [0.15, 0.2) is 0 Å². The number of aromatic nitrogens is 1. The van der Waals surface area contributed by atoms with Gasteiger partial charge in [-0.15, -0.1) is 0 Å². The smallest absolute Gasteiger partial charge is 0.305 e. The van der Waals surface area contributed by atoms with E-state index in [9.17, 15) is 9.59 Å². The first-order valence-corrected chi connectivity index (χ1v) is 8.07. The summed E-state index contributed by atoms with van der Waals surface area (Å²) < 4.78 is 5.49. The topological polar surface area (TPSA) is 79.7 Å². The van der Waals surface area contributed by atoms with Crippen LogP contribution in [0.3, 0.4) is 0 Å². The lowest BCUT2D eigenvalue weighted by atomic mass is 10.1. The van der Waals surface area contributed by atoms with Crippen molar-refractivity contribution in [1.82, 2.24) is 9.88 Å². The molecule has 2 heterocycles. The fraction of sp³-hybridized carbons (Fsp3) is 0.562. The van der Waals surface area contributed by atoms with E-state index < -0.39 is 5.97 Å². The summed E-state index contributed by atoms with van der Waals surface area (Å²) in [6, 6.07) is 1.26. The van der Waals surface area contributed by atoms with Crippen LogP contribution in [0.2, 0.25) is 5.02 Å². The van der Waals surface area contributed by atoms with Crippen LogP contribution in [0.5, 0.6) is 5.88 Å². The molecule has 0 spiro atoms. The summed E-state index contributed by atoms with van der Waals surface area (Å²) in [5.74, 6) is -0.488. The Balaban J connectivity index is 2.10. The molecule has 0 saturated carbocycles. The van der Waals surface area contributed by atoms with Crippen LogP contribution in [0.15, 0.2) is 12.3 Å². The van der Waals surface area contributed by atoms with Crippen molar-refractivity contribution in [2.45, 2.75) is 39.2 Å². The number of rotatable bonds is 6. The summed E-state index contributed by atoms with van der Waals surface area (Å²) in [6.45, 7) is 5.08. The molecule has 1 N–H and O–H groups in total. The summed E-state index contributed by atoms with van der Waals surface area (Å²) in [5, 5.41) is 9.22. The monoisotopic (exact) mass is 340 g/mol. The highest BCUT2D eigenvalue weighted by Gasteiger charge is 2.31. The van der Waals surface area contributed by atoms with Gasteiger partial charge in [-0.25, -0.2) is 4.98 Å². The second-order valence-electron chi connectivity index (χ2n) is 6.11. The molecule has 1 aromatic heterocycles. The maximum Gasteiger partial charge on any atom is 0.305 e. The van der Waals surface area contributed by atoms with Crippen LogP contribution < -0.4 is 4.74 Å². The molecule has 1 aliphatic rings. The third kappa shape index (κ3) is 4.58. The van der Waals surface area contributed by atoms with Gasteiger partial charge in [0.25, 0.3) is 5.91 Å². The van der Waals surface area contributed by atoms with Gasteiger partial charge in [0, 0.05) is 18.8 Å². The lowest BCUT2D eigenvalue weighted by Gasteiger charge is -2.23. The zero-order chi connectivity index (χ0) is 17.0. The van der Waals surface area contributed by atoms with E-state index >= 15 is 0 Å². The van der Waals surface area contributed by atoms with Crippen molar-refractivity contribution in [1.29, 1.82) is 0 Å². The van der Waals surface area contributed by atoms with Gasteiger partial charge in [-0.2, -0.15) is 0 Å². The van der Waals surface area contributed by atoms with E-state index in [1.165, 1.54) is 12.3 Å². The van der Waals surface area contributed by atoms with Crippen LogP contribution in [-0.2, 0) is 4.79 Å². The molecule has 1 amide bonds. The number of hydrogen-bond acceptors (Lipinski definition) is 4. The average molecular weight is 341 g/mol. The Morgan fingerprint density at radius 2 is 2.26 bits per heavy atom. The van der Waals surface area contributed by atoms with Crippen molar-refractivity contribution in [3.8, 4) is 5.88 Å². The molecule has 6 nitrogen and oxygen atoms in total. The number of amides is 1. The number of carbonyl (C=O) groups is 2. The molecule has 1 unspecified atom stereocenters. The molecular weight excluding hydrogens is 320 g/mol. The maximum absolute atomic E-state index is 12.6. The van der Waals surface area contributed by atoms with Gasteiger partial charge in [-0.05, 0) is 24.8 Å². The summed E-state index contributed by atoms with van der Waals surface area (Å²) in [6.07, 6.45) is 2.90.